The Hall–Kier alpha value is -2.29. The Morgan fingerprint density at radius 3 is 2.90 bits per heavy atom. The lowest BCUT2D eigenvalue weighted by Gasteiger charge is -2.04. The Morgan fingerprint density at radius 2 is 2.29 bits per heavy atom. The van der Waals surface area contributed by atoms with Gasteiger partial charge in [0, 0.05) is 24.6 Å². The third-order valence-electron chi connectivity index (χ3n) is 2.60. The van der Waals surface area contributed by atoms with Crippen molar-refractivity contribution < 1.29 is 14.2 Å². The van der Waals surface area contributed by atoms with E-state index >= 15 is 0 Å². The van der Waals surface area contributed by atoms with E-state index < -0.39 is 10.8 Å². The number of carbonyl (C=O) groups is 1. The second-order valence-electron chi connectivity index (χ2n) is 4.16. The first kappa shape index (κ1) is 15.1. The van der Waals surface area contributed by atoms with E-state index in [9.17, 15) is 14.9 Å². The molecule has 2 rings (SSSR count). The molecule has 8 nitrogen and oxygen atoms in total. The molecule has 2 aromatic rings. The SMILES string of the molecule is Cc1noc(CCNC(=O)c2ccc(Br)c([N+](=O)[O-])c2)n1. The van der Waals surface area contributed by atoms with Gasteiger partial charge in [-0.2, -0.15) is 4.98 Å². The average molecular weight is 355 g/mol. The van der Waals surface area contributed by atoms with Crippen LogP contribution in [0.5, 0.6) is 0 Å². The zero-order chi connectivity index (χ0) is 15.4. The van der Waals surface area contributed by atoms with Gasteiger partial charge in [0.15, 0.2) is 5.82 Å². The first-order valence-corrected chi connectivity index (χ1v) is 6.78. The number of aromatic nitrogens is 2. The number of nitro groups is 1. The van der Waals surface area contributed by atoms with Crippen molar-refractivity contribution in [1.29, 1.82) is 0 Å². The fourth-order valence-corrected chi connectivity index (χ4v) is 2.01. The fourth-order valence-electron chi connectivity index (χ4n) is 1.62. The maximum absolute atomic E-state index is 11.9. The summed E-state index contributed by atoms with van der Waals surface area (Å²) in [4.78, 5) is 26.2. The van der Waals surface area contributed by atoms with Crippen molar-refractivity contribution in [1.82, 2.24) is 15.5 Å². The molecule has 0 saturated carbocycles. The number of amides is 1. The molecule has 110 valence electrons. The lowest BCUT2D eigenvalue weighted by Crippen LogP contribution is -2.25. The van der Waals surface area contributed by atoms with E-state index in [0.29, 0.717) is 29.2 Å². The van der Waals surface area contributed by atoms with E-state index in [2.05, 4.69) is 31.4 Å². The molecule has 1 amide bonds. The molecule has 1 aromatic heterocycles. The summed E-state index contributed by atoms with van der Waals surface area (Å²) < 4.78 is 5.23. The van der Waals surface area contributed by atoms with Crippen LogP contribution in [-0.4, -0.2) is 27.5 Å². The van der Waals surface area contributed by atoms with Gasteiger partial charge in [-0.1, -0.05) is 5.16 Å². The molecule has 0 atom stereocenters. The Balaban J connectivity index is 1.97. The highest BCUT2D eigenvalue weighted by Gasteiger charge is 2.15. The number of benzene rings is 1. The lowest BCUT2D eigenvalue weighted by molar-refractivity contribution is -0.385. The normalized spacial score (nSPS) is 10.4. The number of nitrogens with zero attached hydrogens (tertiary/aromatic N) is 3. The van der Waals surface area contributed by atoms with Gasteiger partial charge in [0.1, 0.15) is 0 Å². The molecule has 21 heavy (non-hydrogen) atoms. The van der Waals surface area contributed by atoms with Crippen LogP contribution in [-0.2, 0) is 6.42 Å². The predicted octanol–water partition coefficient (Wildman–Crippen LogP) is 2.02. The van der Waals surface area contributed by atoms with E-state index in [-0.39, 0.29) is 11.3 Å². The Morgan fingerprint density at radius 1 is 1.52 bits per heavy atom. The van der Waals surface area contributed by atoms with Gasteiger partial charge in [-0.3, -0.25) is 14.9 Å². The van der Waals surface area contributed by atoms with E-state index in [0.717, 1.165) is 0 Å². The number of halogens is 1. The molecule has 0 unspecified atom stereocenters. The van der Waals surface area contributed by atoms with Crippen molar-refractivity contribution in [2.75, 3.05) is 6.54 Å². The number of hydrogen-bond acceptors (Lipinski definition) is 6. The number of nitrogens with one attached hydrogen (secondary N) is 1. The van der Waals surface area contributed by atoms with Crippen molar-refractivity contribution in [3.8, 4) is 0 Å². The average Bonchev–Trinajstić information content (AvgIpc) is 2.84. The summed E-state index contributed by atoms with van der Waals surface area (Å²) in [5, 5.41) is 17.1. The van der Waals surface area contributed by atoms with Gasteiger partial charge < -0.3 is 9.84 Å². The number of aryl methyl sites for hydroxylation is 1. The number of rotatable bonds is 5. The summed E-state index contributed by atoms with van der Waals surface area (Å²) in [5.74, 6) is 0.552. The van der Waals surface area contributed by atoms with Gasteiger partial charge in [0.05, 0.1) is 9.40 Å². The lowest BCUT2D eigenvalue weighted by atomic mass is 10.2. The van der Waals surface area contributed by atoms with Gasteiger partial charge in [0.2, 0.25) is 5.89 Å². The highest BCUT2D eigenvalue weighted by Crippen LogP contribution is 2.25. The molecule has 0 saturated heterocycles. The predicted molar refractivity (Wildman–Crippen MR) is 75.9 cm³/mol. The minimum absolute atomic E-state index is 0.157. The molecule has 1 heterocycles. The van der Waals surface area contributed by atoms with Crippen molar-refractivity contribution in [3.63, 3.8) is 0 Å². The molecular formula is C12H11BrN4O4. The highest BCUT2D eigenvalue weighted by atomic mass is 79.9. The van der Waals surface area contributed by atoms with Crippen LogP contribution in [0.1, 0.15) is 22.1 Å². The van der Waals surface area contributed by atoms with Crippen LogP contribution in [0.3, 0.4) is 0 Å². The molecule has 1 N–H and O–H groups in total. The first-order valence-electron chi connectivity index (χ1n) is 5.98. The van der Waals surface area contributed by atoms with Gasteiger partial charge in [0.25, 0.3) is 11.6 Å². The van der Waals surface area contributed by atoms with Crippen LogP contribution in [0.25, 0.3) is 0 Å². The van der Waals surface area contributed by atoms with E-state index in [1.165, 1.54) is 18.2 Å². The van der Waals surface area contributed by atoms with Crippen LogP contribution in [0.2, 0.25) is 0 Å². The van der Waals surface area contributed by atoms with Crippen LogP contribution < -0.4 is 5.32 Å². The Labute approximate surface area is 127 Å². The molecule has 0 bridgehead atoms. The molecule has 1 aromatic carbocycles. The monoisotopic (exact) mass is 354 g/mol. The summed E-state index contributed by atoms with van der Waals surface area (Å²) in [7, 11) is 0. The highest BCUT2D eigenvalue weighted by molar-refractivity contribution is 9.10. The van der Waals surface area contributed by atoms with Crippen LogP contribution in [0, 0.1) is 17.0 Å². The van der Waals surface area contributed by atoms with Crippen LogP contribution >= 0.6 is 15.9 Å². The van der Waals surface area contributed by atoms with Gasteiger partial charge in [-0.25, -0.2) is 0 Å². The van der Waals surface area contributed by atoms with E-state index in [1.54, 1.807) is 6.92 Å². The van der Waals surface area contributed by atoms with Crippen molar-refractivity contribution in [2.45, 2.75) is 13.3 Å². The number of nitro benzene ring substituents is 1. The second kappa shape index (κ2) is 6.44. The minimum Gasteiger partial charge on any atom is -0.352 e. The van der Waals surface area contributed by atoms with E-state index in [1.807, 2.05) is 0 Å². The fraction of sp³-hybridized carbons (Fsp3) is 0.250. The zero-order valence-electron chi connectivity index (χ0n) is 11.0. The summed E-state index contributed by atoms with van der Waals surface area (Å²) in [6, 6.07) is 4.19. The third kappa shape index (κ3) is 3.85. The molecule has 0 aliphatic rings. The largest absolute Gasteiger partial charge is 0.352 e. The Kier molecular flexibility index (Phi) is 4.63. The standard InChI is InChI=1S/C12H11BrN4O4/c1-7-15-11(21-16-7)4-5-14-12(18)8-2-3-9(13)10(6-8)17(19)20/h2-3,6H,4-5H2,1H3,(H,14,18). The smallest absolute Gasteiger partial charge is 0.284 e. The molecular weight excluding hydrogens is 344 g/mol. The number of hydrogen-bond donors (Lipinski definition) is 1. The zero-order valence-corrected chi connectivity index (χ0v) is 12.6. The Bertz CT molecular complexity index is 686. The molecule has 9 heteroatoms. The minimum atomic E-state index is -0.553. The van der Waals surface area contributed by atoms with Gasteiger partial charge in [-0.15, -0.1) is 0 Å². The maximum atomic E-state index is 11.9. The maximum Gasteiger partial charge on any atom is 0.284 e. The summed E-state index contributed by atoms with van der Waals surface area (Å²) >= 11 is 3.06. The van der Waals surface area contributed by atoms with Crippen molar-refractivity contribution in [3.05, 3.63) is 50.1 Å². The third-order valence-corrected chi connectivity index (χ3v) is 3.27. The van der Waals surface area contributed by atoms with Crippen molar-refractivity contribution >= 4 is 27.5 Å². The molecule has 0 fully saturated rings. The van der Waals surface area contributed by atoms with Crippen LogP contribution in [0.15, 0.2) is 27.2 Å². The molecule has 0 aliphatic heterocycles. The molecule has 0 radical (unpaired) electrons. The topological polar surface area (TPSA) is 111 Å². The summed E-state index contributed by atoms with van der Waals surface area (Å²) in [6.45, 7) is 2.00. The van der Waals surface area contributed by atoms with Crippen LogP contribution in [0.4, 0.5) is 5.69 Å². The molecule has 0 spiro atoms. The summed E-state index contributed by atoms with van der Waals surface area (Å²) in [5.41, 5.74) is 0.0572. The van der Waals surface area contributed by atoms with Crippen molar-refractivity contribution in [2.24, 2.45) is 0 Å². The molecule has 0 aliphatic carbocycles. The summed E-state index contributed by atoms with van der Waals surface area (Å²) in [6.07, 6.45) is 0.394. The van der Waals surface area contributed by atoms with Gasteiger partial charge in [-0.05, 0) is 35.0 Å². The second-order valence-corrected chi connectivity index (χ2v) is 5.02. The number of carbonyl (C=O) groups excluding carboxylic acids is 1. The first-order chi connectivity index (χ1) is 9.97. The quantitative estimate of drug-likeness (QED) is 0.649. The van der Waals surface area contributed by atoms with E-state index in [4.69, 9.17) is 4.52 Å². The van der Waals surface area contributed by atoms with Gasteiger partial charge >= 0.3 is 0 Å².